The minimum absolute atomic E-state index is 0.142. The summed E-state index contributed by atoms with van der Waals surface area (Å²) in [7, 11) is 0. The van der Waals surface area contributed by atoms with Gasteiger partial charge in [-0.2, -0.15) is 0 Å². The average molecular weight is 194 g/mol. The minimum Gasteiger partial charge on any atom is -0.207 e. The van der Waals surface area contributed by atoms with Crippen LogP contribution in [0.25, 0.3) is 0 Å². The van der Waals surface area contributed by atoms with E-state index in [0.29, 0.717) is 0 Å². The van der Waals surface area contributed by atoms with Crippen molar-refractivity contribution in [1.82, 2.24) is 0 Å². The van der Waals surface area contributed by atoms with E-state index in [1.165, 1.54) is 24.8 Å². The summed E-state index contributed by atoms with van der Waals surface area (Å²) in [5.41, 5.74) is 1.25. The highest BCUT2D eigenvalue weighted by atomic mass is 19.1. The first-order chi connectivity index (χ1) is 6.76. The van der Waals surface area contributed by atoms with Crippen LogP contribution >= 0.6 is 0 Å². The third-order valence-electron chi connectivity index (χ3n) is 2.91. The summed E-state index contributed by atoms with van der Waals surface area (Å²) >= 11 is 0. The lowest BCUT2D eigenvalue weighted by Gasteiger charge is -2.11. The van der Waals surface area contributed by atoms with Crippen LogP contribution in [0.15, 0.2) is 24.3 Å². The standard InChI is InChI=1S/C13H19F/c1-3-11(4-2)5-6-12-7-9-13(14)10-8-12/h7-11H,3-6H2,1-2H3. The third kappa shape index (κ3) is 3.49. The first-order valence-electron chi connectivity index (χ1n) is 5.50. The number of hydrogen-bond acceptors (Lipinski definition) is 0. The van der Waals surface area contributed by atoms with Crippen LogP contribution in [0, 0.1) is 11.7 Å². The zero-order chi connectivity index (χ0) is 10.4. The molecule has 0 spiro atoms. The second kappa shape index (κ2) is 5.79. The van der Waals surface area contributed by atoms with Crippen LogP contribution in [0.5, 0.6) is 0 Å². The highest BCUT2D eigenvalue weighted by Crippen LogP contribution is 2.16. The van der Waals surface area contributed by atoms with Gasteiger partial charge in [-0.15, -0.1) is 0 Å². The van der Waals surface area contributed by atoms with E-state index < -0.39 is 0 Å². The summed E-state index contributed by atoms with van der Waals surface area (Å²) in [6, 6.07) is 6.86. The van der Waals surface area contributed by atoms with E-state index in [0.717, 1.165) is 12.3 Å². The molecule has 0 unspecified atom stereocenters. The van der Waals surface area contributed by atoms with Crippen molar-refractivity contribution in [2.24, 2.45) is 5.92 Å². The van der Waals surface area contributed by atoms with E-state index in [4.69, 9.17) is 0 Å². The third-order valence-corrected chi connectivity index (χ3v) is 2.91. The van der Waals surface area contributed by atoms with Gasteiger partial charge in [0.05, 0.1) is 0 Å². The van der Waals surface area contributed by atoms with E-state index in [1.807, 2.05) is 12.1 Å². The summed E-state index contributed by atoms with van der Waals surface area (Å²) < 4.78 is 12.6. The zero-order valence-corrected chi connectivity index (χ0v) is 9.09. The fourth-order valence-electron chi connectivity index (χ4n) is 1.72. The molecule has 0 saturated heterocycles. The Hall–Kier alpha value is -0.850. The minimum atomic E-state index is -0.142. The molecule has 1 heteroatoms. The topological polar surface area (TPSA) is 0 Å². The predicted molar refractivity (Wildman–Crippen MR) is 58.8 cm³/mol. The zero-order valence-electron chi connectivity index (χ0n) is 9.09. The summed E-state index contributed by atoms with van der Waals surface area (Å²) in [6.07, 6.45) is 4.79. The Balaban J connectivity index is 2.41. The molecule has 0 atom stereocenters. The van der Waals surface area contributed by atoms with Crippen molar-refractivity contribution in [2.75, 3.05) is 0 Å². The van der Waals surface area contributed by atoms with Crippen LogP contribution in [0.4, 0.5) is 4.39 Å². The van der Waals surface area contributed by atoms with Crippen molar-refractivity contribution in [1.29, 1.82) is 0 Å². The molecular weight excluding hydrogens is 175 g/mol. The molecule has 0 amide bonds. The van der Waals surface area contributed by atoms with Crippen LogP contribution in [0.2, 0.25) is 0 Å². The van der Waals surface area contributed by atoms with Gasteiger partial charge in [0.15, 0.2) is 0 Å². The van der Waals surface area contributed by atoms with E-state index in [2.05, 4.69) is 13.8 Å². The number of aryl methyl sites for hydroxylation is 1. The molecule has 0 nitrogen and oxygen atoms in total. The molecule has 0 N–H and O–H groups in total. The Morgan fingerprint density at radius 2 is 1.64 bits per heavy atom. The van der Waals surface area contributed by atoms with Crippen LogP contribution in [-0.2, 0) is 6.42 Å². The van der Waals surface area contributed by atoms with Gasteiger partial charge >= 0.3 is 0 Å². The average Bonchev–Trinajstić information content (AvgIpc) is 2.22. The molecule has 0 radical (unpaired) electrons. The molecule has 0 fully saturated rings. The molecule has 1 rings (SSSR count). The van der Waals surface area contributed by atoms with E-state index in [9.17, 15) is 4.39 Å². The van der Waals surface area contributed by atoms with Crippen molar-refractivity contribution in [3.05, 3.63) is 35.6 Å². The summed E-state index contributed by atoms with van der Waals surface area (Å²) in [5.74, 6) is 0.677. The Morgan fingerprint density at radius 1 is 1.07 bits per heavy atom. The monoisotopic (exact) mass is 194 g/mol. The molecular formula is C13H19F. The van der Waals surface area contributed by atoms with Crippen LogP contribution in [0.3, 0.4) is 0 Å². The first-order valence-corrected chi connectivity index (χ1v) is 5.50. The molecule has 14 heavy (non-hydrogen) atoms. The molecule has 0 aliphatic heterocycles. The van der Waals surface area contributed by atoms with E-state index in [-0.39, 0.29) is 5.82 Å². The summed E-state index contributed by atoms with van der Waals surface area (Å²) in [6.45, 7) is 4.47. The molecule has 0 saturated carbocycles. The van der Waals surface area contributed by atoms with Crippen LogP contribution in [-0.4, -0.2) is 0 Å². The lowest BCUT2D eigenvalue weighted by atomic mass is 9.95. The van der Waals surface area contributed by atoms with Crippen LogP contribution in [0.1, 0.15) is 38.7 Å². The molecule has 0 aliphatic rings. The molecule has 0 bridgehead atoms. The molecule has 1 aromatic carbocycles. The second-order valence-corrected chi connectivity index (χ2v) is 3.85. The van der Waals surface area contributed by atoms with Gasteiger partial charge in [0, 0.05) is 0 Å². The quantitative estimate of drug-likeness (QED) is 0.659. The van der Waals surface area contributed by atoms with Gasteiger partial charge in [0.2, 0.25) is 0 Å². The molecule has 0 aromatic heterocycles. The second-order valence-electron chi connectivity index (χ2n) is 3.85. The van der Waals surface area contributed by atoms with Crippen molar-refractivity contribution in [3.8, 4) is 0 Å². The van der Waals surface area contributed by atoms with Crippen molar-refractivity contribution in [2.45, 2.75) is 39.5 Å². The Kier molecular flexibility index (Phi) is 4.64. The SMILES string of the molecule is CCC(CC)CCc1ccc(F)cc1. The highest BCUT2D eigenvalue weighted by molar-refractivity contribution is 5.16. The number of halogens is 1. The lowest BCUT2D eigenvalue weighted by molar-refractivity contribution is 0.456. The fraction of sp³-hybridized carbons (Fsp3) is 0.538. The smallest absolute Gasteiger partial charge is 0.123 e. The largest absolute Gasteiger partial charge is 0.207 e. The first kappa shape index (κ1) is 11.2. The number of benzene rings is 1. The summed E-state index contributed by atoms with van der Waals surface area (Å²) in [5, 5.41) is 0. The van der Waals surface area contributed by atoms with Crippen molar-refractivity contribution >= 4 is 0 Å². The van der Waals surface area contributed by atoms with Gasteiger partial charge < -0.3 is 0 Å². The van der Waals surface area contributed by atoms with Crippen molar-refractivity contribution < 1.29 is 4.39 Å². The van der Waals surface area contributed by atoms with Gasteiger partial charge in [-0.25, -0.2) is 4.39 Å². The predicted octanol–water partition coefficient (Wildman–Crippen LogP) is 4.19. The maximum Gasteiger partial charge on any atom is 0.123 e. The van der Waals surface area contributed by atoms with E-state index >= 15 is 0 Å². The number of rotatable bonds is 5. The number of hydrogen-bond donors (Lipinski definition) is 0. The lowest BCUT2D eigenvalue weighted by Crippen LogP contribution is -1.99. The maximum absolute atomic E-state index is 12.6. The normalized spacial score (nSPS) is 10.9. The Morgan fingerprint density at radius 3 is 2.14 bits per heavy atom. The van der Waals surface area contributed by atoms with Gasteiger partial charge in [-0.05, 0) is 36.5 Å². The van der Waals surface area contributed by atoms with Gasteiger partial charge in [0.25, 0.3) is 0 Å². The van der Waals surface area contributed by atoms with Gasteiger partial charge in [-0.1, -0.05) is 38.8 Å². The summed E-state index contributed by atoms with van der Waals surface area (Å²) in [4.78, 5) is 0. The Labute approximate surface area is 86.2 Å². The molecule has 0 heterocycles. The fourth-order valence-corrected chi connectivity index (χ4v) is 1.72. The van der Waals surface area contributed by atoms with E-state index in [1.54, 1.807) is 12.1 Å². The Bertz CT molecular complexity index is 246. The van der Waals surface area contributed by atoms with Gasteiger partial charge in [-0.3, -0.25) is 0 Å². The van der Waals surface area contributed by atoms with Crippen molar-refractivity contribution in [3.63, 3.8) is 0 Å². The van der Waals surface area contributed by atoms with Gasteiger partial charge in [0.1, 0.15) is 5.82 Å². The van der Waals surface area contributed by atoms with Crippen LogP contribution < -0.4 is 0 Å². The molecule has 1 aromatic rings. The molecule has 78 valence electrons. The molecule has 0 aliphatic carbocycles. The maximum atomic E-state index is 12.6. The highest BCUT2D eigenvalue weighted by Gasteiger charge is 2.03.